The molecule has 2 N–H and O–H groups in total. The Morgan fingerprint density at radius 1 is 1.45 bits per heavy atom. The fourth-order valence-corrected chi connectivity index (χ4v) is 3.92. The summed E-state index contributed by atoms with van der Waals surface area (Å²) in [4.78, 5) is 12.4. The van der Waals surface area contributed by atoms with E-state index in [9.17, 15) is 9.18 Å². The van der Waals surface area contributed by atoms with E-state index in [-0.39, 0.29) is 17.6 Å². The highest BCUT2D eigenvalue weighted by Gasteiger charge is 2.29. The summed E-state index contributed by atoms with van der Waals surface area (Å²) in [6, 6.07) is 4.77. The van der Waals surface area contributed by atoms with Gasteiger partial charge in [-0.05, 0) is 30.7 Å². The average molecular weight is 296 g/mol. The van der Waals surface area contributed by atoms with Gasteiger partial charge in [0.15, 0.2) is 0 Å². The third kappa shape index (κ3) is 3.26. The highest BCUT2D eigenvalue weighted by molar-refractivity contribution is 7.99. The Balaban J connectivity index is 2.10. The van der Waals surface area contributed by atoms with Crippen molar-refractivity contribution in [2.24, 2.45) is 0 Å². The second-order valence-electron chi connectivity index (χ2n) is 4.92. The molecule has 0 spiro atoms. The first-order chi connectivity index (χ1) is 9.67. The van der Waals surface area contributed by atoms with Crippen LogP contribution in [-0.4, -0.2) is 30.0 Å². The minimum absolute atomic E-state index is 0.192. The van der Waals surface area contributed by atoms with Gasteiger partial charge < -0.3 is 10.6 Å². The van der Waals surface area contributed by atoms with Crippen molar-refractivity contribution in [3.05, 3.63) is 29.6 Å². The van der Waals surface area contributed by atoms with Gasteiger partial charge in [0, 0.05) is 18.3 Å². The molecule has 1 aromatic rings. The molecule has 0 heterocycles. The largest absolute Gasteiger partial charge is 0.385 e. The van der Waals surface area contributed by atoms with Crippen LogP contribution < -0.4 is 10.6 Å². The lowest BCUT2D eigenvalue weighted by Gasteiger charge is -2.21. The molecular formula is C15H21FN2OS. The van der Waals surface area contributed by atoms with Crippen LogP contribution in [0.15, 0.2) is 18.2 Å². The second-order valence-corrected chi connectivity index (χ2v) is 6.43. The molecule has 2 atom stereocenters. The summed E-state index contributed by atoms with van der Waals surface area (Å²) >= 11 is 1.89. The molecule has 0 bridgehead atoms. The maximum Gasteiger partial charge on any atom is 0.253 e. The van der Waals surface area contributed by atoms with Crippen LogP contribution in [-0.2, 0) is 0 Å². The van der Waals surface area contributed by atoms with Crippen LogP contribution in [0, 0.1) is 5.82 Å². The summed E-state index contributed by atoms with van der Waals surface area (Å²) in [7, 11) is 1.63. The SMILES string of the molecule is CCSC1CCCC1NC(=O)c1cccc(F)c1NC. The van der Waals surface area contributed by atoms with Crippen LogP contribution >= 0.6 is 11.8 Å². The number of halogens is 1. The number of nitrogens with one attached hydrogen (secondary N) is 2. The number of thioether (sulfide) groups is 1. The minimum Gasteiger partial charge on any atom is -0.385 e. The molecule has 20 heavy (non-hydrogen) atoms. The number of hydrogen-bond acceptors (Lipinski definition) is 3. The second kappa shape index (κ2) is 6.97. The summed E-state index contributed by atoms with van der Waals surface area (Å²) in [6.07, 6.45) is 3.30. The number of amides is 1. The number of anilines is 1. The van der Waals surface area contributed by atoms with Crippen molar-refractivity contribution in [2.75, 3.05) is 18.1 Å². The van der Waals surface area contributed by atoms with E-state index >= 15 is 0 Å². The first kappa shape index (κ1) is 15.2. The zero-order chi connectivity index (χ0) is 14.5. The lowest BCUT2D eigenvalue weighted by atomic mass is 10.1. The van der Waals surface area contributed by atoms with Gasteiger partial charge in [0.05, 0.1) is 11.3 Å². The standard InChI is InChI=1S/C15H21FN2OS/c1-3-20-13-9-5-8-12(13)18-15(19)10-6-4-7-11(16)14(10)17-2/h4,6-7,12-13,17H,3,5,8-9H2,1-2H3,(H,18,19). The molecule has 2 rings (SSSR count). The quantitative estimate of drug-likeness (QED) is 0.876. The molecule has 110 valence electrons. The van der Waals surface area contributed by atoms with E-state index in [4.69, 9.17) is 0 Å². The van der Waals surface area contributed by atoms with E-state index in [2.05, 4.69) is 17.6 Å². The zero-order valence-electron chi connectivity index (χ0n) is 11.9. The zero-order valence-corrected chi connectivity index (χ0v) is 12.7. The summed E-state index contributed by atoms with van der Waals surface area (Å²) in [5.41, 5.74) is 0.641. The van der Waals surface area contributed by atoms with Gasteiger partial charge in [0.25, 0.3) is 5.91 Å². The minimum atomic E-state index is -0.397. The van der Waals surface area contributed by atoms with E-state index in [0.717, 1.165) is 25.0 Å². The van der Waals surface area contributed by atoms with Gasteiger partial charge in [-0.2, -0.15) is 11.8 Å². The lowest BCUT2D eigenvalue weighted by molar-refractivity contribution is 0.0939. The topological polar surface area (TPSA) is 41.1 Å². The van der Waals surface area contributed by atoms with Crippen LogP contribution in [0.25, 0.3) is 0 Å². The first-order valence-corrected chi connectivity index (χ1v) is 8.11. The number of benzene rings is 1. The maximum absolute atomic E-state index is 13.7. The fraction of sp³-hybridized carbons (Fsp3) is 0.533. The van der Waals surface area contributed by atoms with Gasteiger partial charge in [0.2, 0.25) is 0 Å². The lowest BCUT2D eigenvalue weighted by Crippen LogP contribution is -2.39. The Hall–Kier alpha value is -1.23. The number of hydrogen-bond donors (Lipinski definition) is 2. The van der Waals surface area contributed by atoms with Gasteiger partial charge in [-0.3, -0.25) is 4.79 Å². The van der Waals surface area contributed by atoms with Crippen LogP contribution in [0.4, 0.5) is 10.1 Å². The Bertz CT molecular complexity index is 481. The number of para-hydroxylation sites is 1. The Labute approximate surface area is 123 Å². The van der Waals surface area contributed by atoms with Crippen molar-refractivity contribution in [3.8, 4) is 0 Å². The fourth-order valence-electron chi connectivity index (χ4n) is 2.72. The molecule has 0 aliphatic heterocycles. The van der Waals surface area contributed by atoms with Crippen LogP contribution in [0.3, 0.4) is 0 Å². The molecule has 1 saturated carbocycles. The Kier molecular flexibility index (Phi) is 5.29. The summed E-state index contributed by atoms with van der Waals surface area (Å²) in [6.45, 7) is 2.13. The molecule has 1 aliphatic carbocycles. The summed E-state index contributed by atoms with van der Waals surface area (Å²) < 4.78 is 13.7. The average Bonchev–Trinajstić information content (AvgIpc) is 2.86. The molecule has 1 fully saturated rings. The third-order valence-electron chi connectivity index (χ3n) is 3.66. The van der Waals surface area contributed by atoms with Gasteiger partial charge in [-0.25, -0.2) is 4.39 Å². The monoisotopic (exact) mass is 296 g/mol. The van der Waals surface area contributed by atoms with E-state index in [1.54, 1.807) is 19.2 Å². The van der Waals surface area contributed by atoms with E-state index in [0.29, 0.717) is 10.8 Å². The number of carbonyl (C=O) groups is 1. The molecule has 0 aromatic heterocycles. The smallest absolute Gasteiger partial charge is 0.253 e. The first-order valence-electron chi connectivity index (χ1n) is 7.06. The van der Waals surface area contributed by atoms with Crippen LogP contribution in [0.1, 0.15) is 36.5 Å². The molecule has 5 heteroatoms. The van der Waals surface area contributed by atoms with Crippen LogP contribution in [0.2, 0.25) is 0 Å². The highest BCUT2D eigenvalue weighted by atomic mass is 32.2. The van der Waals surface area contributed by atoms with Crippen molar-refractivity contribution in [1.29, 1.82) is 0 Å². The molecule has 1 aliphatic rings. The van der Waals surface area contributed by atoms with Crippen molar-refractivity contribution in [3.63, 3.8) is 0 Å². The summed E-state index contributed by atoms with van der Waals surface area (Å²) in [5.74, 6) is 0.465. The molecule has 1 amide bonds. The third-order valence-corrected chi connectivity index (χ3v) is 4.98. The molecule has 2 unspecified atom stereocenters. The van der Waals surface area contributed by atoms with Crippen LogP contribution in [0.5, 0.6) is 0 Å². The van der Waals surface area contributed by atoms with E-state index in [1.807, 2.05) is 11.8 Å². The van der Waals surface area contributed by atoms with Crippen molar-refractivity contribution in [2.45, 2.75) is 37.5 Å². The molecule has 0 saturated heterocycles. The molecular weight excluding hydrogens is 275 g/mol. The van der Waals surface area contributed by atoms with Crippen molar-refractivity contribution < 1.29 is 9.18 Å². The van der Waals surface area contributed by atoms with Gasteiger partial charge in [-0.15, -0.1) is 0 Å². The maximum atomic E-state index is 13.7. The van der Waals surface area contributed by atoms with Gasteiger partial charge in [-0.1, -0.05) is 19.4 Å². The Morgan fingerprint density at radius 2 is 2.25 bits per heavy atom. The number of carbonyl (C=O) groups excluding carboxylic acids is 1. The normalized spacial score (nSPS) is 21.8. The summed E-state index contributed by atoms with van der Waals surface area (Å²) in [5, 5.41) is 6.31. The highest BCUT2D eigenvalue weighted by Crippen LogP contribution is 2.30. The molecule has 0 radical (unpaired) electrons. The number of rotatable bonds is 5. The molecule has 3 nitrogen and oxygen atoms in total. The van der Waals surface area contributed by atoms with Crippen molar-refractivity contribution >= 4 is 23.4 Å². The van der Waals surface area contributed by atoms with Gasteiger partial charge >= 0.3 is 0 Å². The van der Waals surface area contributed by atoms with Crippen molar-refractivity contribution in [1.82, 2.24) is 5.32 Å². The Morgan fingerprint density at radius 3 is 2.95 bits per heavy atom. The van der Waals surface area contributed by atoms with E-state index < -0.39 is 5.82 Å². The van der Waals surface area contributed by atoms with E-state index in [1.165, 1.54) is 6.07 Å². The van der Waals surface area contributed by atoms with Gasteiger partial charge in [0.1, 0.15) is 5.82 Å². The predicted molar refractivity (Wildman–Crippen MR) is 83.0 cm³/mol. The molecule has 1 aromatic carbocycles. The predicted octanol–water partition coefficient (Wildman–Crippen LogP) is 3.27.